The van der Waals surface area contributed by atoms with Crippen LogP contribution in [0.25, 0.3) is 0 Å². The van der Waals surface area contributed by atoms with Crippen LogP contribution >= 0.6 is 0 Å². The number of rotatable bonds is 3. The summed E-state index contributed by atoms with van der Waals surface area (Å²) >= 11 is 0. The Labute approximate surface area is 154 Å². The highest BCUT2D eigenvalue weighted by atomic mass is 32.2. The Balaban J connectivity index is 1.47. The lowest BCUT2D eigenvalue weighted by molar-refractivity contribution is 0.171. The van der Waals surface area contributed by atoms with E-state index in [1.165, 1.54) is 0 Å². The third-order valence-corrected chi connectivity index (χ3v) is 6.65. The molecule has 0 unspecified atom stereocenters. The molecule has 0 atom stereocenters. The monoisotopic (exact) mass is 374 g/mol. The largest absolute Gasteiger partial charge is 0.486 e. The fourth-order valence-electron chi connectivity index (χ4n) is 3.34. The van der Waals surface area contributed by atoms with Gasteiger partial charge in [-0.25, -0.2) is 8.42 Å². The molecule has 2 aromatic rings. The van der Waals surface area contributed by atoms with E-state index in [4.69, 9.17) is 9.47 Å². The van der Waals surface area contributed by atoms with E-state index in [-0.39, 0.29) is 0 Å². The molecule has 0 N–H and O–H groups in total. The lowest BCUT2D eigenvalue weighted by Crippen LogP contribution is -2.48. The van der Waals surface area contributed by atoms with Gasteiger partial charge in [0.25, 0.3) is 0 Å². The first-order valence-corrected chi connectivity index (χ1v) is 10.2. The molecule has 0 saturated carbocycles. The lowest BCUT2D eigenvalue weighted by Gasteiger charge is -2.35. The molecule has 0 aromatic heterocycles. The number of hydrogen-bond acceptors (Lipinski definition) is 5. The van der Waals surface area contributed by atoms with Gasteiger partial charge in [-0.3, -0.25) is 0 Å². The number of benzene rings is 2. The Hall–Kier alpha value is -2.25. The number of piperazine rings is 1. The summed E-state index contributed by atoms with van der Waals surface area (Å²) in [7, 11) is -3.44. The van der Waals surface area contributed by atoms with Gasteiger partial charge >= 0.3 is 0 Å². The van der Waals surface area contributed by atoms with Gasteiger partial charge in [0, 0.05) is 37.9 Å². The Bertz CT molecular complexity index is 906. The quantitative estimate of drug-likeness (QED) is 0.825. The number of nitrogens with zero attached hydrogens (tertiary/aromatic N) is 2. The molecule has 7 heteroatoms. The van der Waals surface area contributed by atoms with Crippen molar-refractivity contribution in [2.24, 2.45) is 0 Å². The highest BCUT2D eigenvalue weighted by molar-refractivity contribution is 7.89. The van der Waals surface area contributed by atoms with Crippen LogP contribution in [0.4, 0.5) is 5.69 Å². The maximum absolute atomic E-state index is 12.8. The van der Waals surface area contributed by atoms with Gasteiger partial charge in [-0.15, -0.1) is 0 Å². The van der Waals surface area contributed by atoms with Gasteiger partial charge in [-0.2, -0.15) is 4.31 Å². The molecule has 6 nitrogen and oxygen atoms in total. The van der Waals surface area contributed by atoms with E-state index in [0.29, 0.717) is 44.3 Å². The first kappa shape index (κ1) is 17.2. The molecule has 0 bridgehead atoms. The fourth-order valence-corrected chi connectivity index (χ4v) is 4.87. The van der Waals surface area contributed by atoms with E-state index >= 15 is 0 Å². The van der Waals surface area contributed by atoms with Gasteiger partial charge in [-0.05, 0) is 36.8 Å². The number of fused-ring (bicyclic) bond motifs is 1. The molecule has 0 radical (unpaired) electrons. The summed E-state index contributed by atoms with van der Waals surface area (Å²) in [6.07, 6.45) is 0. The highest BCUT2D eigenvalue weighted by Crippen LogP contribution is 2.34. The fraction of sp³-hybridized carbons (Fsp3) is 0.368. The van der Waals surface area contributed by atoms with E-state index in [1.807, 2.05) is 31.2 Å². The summed E-state index contributed by atoms with van der Waals surface area (Å²) in [6.45, 7) is 5.24. The minimum atomic E-state index is -3.44. The average Bonchev–Trinajstić information content (AvgIpc) is 2.68. The summed E-state index contributed by atoms with van der Waals surface area (Å²) in [4.78, 5) is 2.55. The standard InChI is InChI=1S/C19H22N2O4S/c1-15-3-2-4-17(13-15)26(22,23)21-9-7-20(8-10-21)16-5-6-18-19(14-16)25-12-11-24-18/h2-6,13-14H,7-12H2,1H3. The van der Waals surface area contributed by atoms with Crippen molar-refractivity contribution in [3.63, 3.8) is 0 Å². The Morgan fingerprint density at radius 2 is 1.62 bits per heavy atom. The third-order valence-electron chi connectivity index (χ3n) is 4.76. The van der Waals surface area contributed by atoms with Crippen molar-refractivity contribution in [2.75, 3.05) is 44.3 Å². The molecule has 2 heterocycles. The molecule has 2 aliphatic heterocycles. The smallest absolute Gasteiger partial charge is 0.243 e. The van der Waals surface area contributed by atoms with Crippen LogP contribution in [0.1, 0.15) is 5.56 Å². The zero-order valence-corrected chi connectivity index (χ0v) is 15.5. The Morgan fingerprint density at radius 3 is 2.35 bits per heavy atom. The van der Waals surface area contributed by atoms with Crippen molar-refractivity contribution in [1.82, 2.24) is 4.31 Å². The van der Waals surface area contributed by atoms with E-state index < -0.39 is 10.0 Å². The predicted octanol–water partition coefficient (Wildman–Crippen LogP) is 2.28. The first-order chi connectivity index (χ1) is 12.5. The van der Waals surface area contributed by atoms with E-state index in [9.17, 15) is 8.42 Å². The number of ether oxygens (including phenoxy) is 2. The van der Waals surface area contributed by atoms with Gasteiger partial charge < -0.3 is 14.4 Å². The highest BCUT2D eigenvalue weighted by Gasteiger charge is 2.29. The summed E-state index contributed by atoms with van der Waals surface area (Å²) in [5.74, 6) is 1.52. The maximum atomic E-state index is 12.8. The van der Waals surface area contributed by atoms with Crippen LogP contribution in [0.3, 0.4) is 0 Å². The number of sulfonamides is 1. The molecular weight excluding hydrogens is 352 g/mol. The summed E-state index contributed by atoms with van der Waals surface area (Å²) in [5.41, 5.74) is 1.97. The van der Waals surface area contributed by atoms with Crippen molar-refractivity contribution in [2.45, 2.75) is 11.8 Å². The van der Waals surface area contributed by atoms with Crippen LogP contribution < -0.4 is 14.4 Å². The number of hydrogen-bond donors (Lipinski definition) is 0. The van der Waals surface area contributed by atoms with E-state index in [2.05, 4.69) is 4.90 Å². The molecule has 1 fully saturated rings. The molecule has 138 valence electrons. The van der Waals surface area contributed by atoms with Crippen molar-refractivity contribution in [3.05, 3.63) is 48.0 Å². The van der Waals surface area contributed by atoms with Gasteiger partial charge in [0.2, 0.25) is 10.0 Å². The first-order valence-electron chi connectivity index (χ1n) is 8.75. The summed E-state index contributed by atoms with van der Waals surface area (Å²) in [6, 6.07) is 13.0. The normalized spacial score (nSPS) is 18.0. The predicted molar refractivity (Wildman–Crippen MR) is 99.6 cm³/mol. The lowest BCUT2D eigenvalue weighted by atomic mass is 10.2. The Morgan fingerprint density at radius 1 is 0.885 bits per heavy atom. The van der Waals surface area contributed by atoms with Crippen molar-refractivity contribution < 1.29 is 17.9 Å². The zero-order chi connectivity index (χ0) is 18.1. The van der Waals surface area contributed by atoms with Crippen LogP contribution in [0, 0.1) is 6.92 Å². The van der Waals surface area contributed by atoms with Crippen LogP contribution in [0.15, 0.2) is 47.4 Å². The minimum Gasteiger partial charge on any atom is -0.486 e. The number of aryl methyl sites for hydroxylation is 1. The summed E-state index contributed by atoms with van der Waals surface area (Å²) in [5, 5.41) is 0. The molecule has 0 spiro atoms. The second kappa shape index (κ2) is 6.81. The van der Waals surface area contributed by atoms with Crippen LogP contribution in [-0.2, 0) is 10.0 Å². The van der Waals surface area contributed by atoms with Gasteiger partial charge in [0.05, 0.1) is 4.90 Å². The molecular formula is C19H22N2O4S. The molecule has 2 aliphatic rings. The van der Waals surface area contributed by atoms with Crippen LogP contribution in [0.2, 0.25) is 0 Å². The molecule has 4 rings (SSSR count). The molecule has 2 aromatic carbocycles. The molecule has 0 amide bonds. The summed E-state index contributed by atoms with van der Waals surface area (Å²) < 4.78 is 38.5. The average molecular weight is 374 g/mol. The van der Waals surface area contributed by atoms with Crippen molar-refractivity contribution in [1.29, 1.82) is 0 Å². The SMILES string of the molecule is Cc1cccc(S(=O)(=O)N2CCN(c3ccc4c(c3)OCCO4)CC2)c1. The molecule has 26 heavy (non-hydrogen) atoms. The zero-order valence-electron chi connectivity index (χ0n) is 14.7. The van der Waals surface area contributed by atoms with E-state index in [1.54, 1.807) is 22.5 Å². The molecule has 1 saturated heterocycles. The topological polar surface area (TPSA) is 59.1 Å². The van der Waals surface area contributed by atoms with Crippen LogP contribution in [-0.4, -0.2) is 52.1 Å². The Kier molecular flexibility index (Phi) is 4.50. The second-order valence-electron chi connectivity index (χ2n) is 6.54. The van der Waals surface area contributed by atoms with Crippen molar-refractivity contribution in [3.8, 4) is 11.5 Å². The van der Waals surface area contributed by atoms with Gasteiger partial charge in [-0.1, -0.05) is 12.1 Å². The van der Waals surface area contributed by atoms with Crippen molar-refractivity contribution >= 4 is 15.7 Å². The van der Waals surface area contributed by atoms with Gasteiger partial charge in [0.1, 0.15) is 13.2 Å². The second-order valence-corrected chi connectivity index (χ2v) is 8.47. The minimum absolute atomic E-state index is 0.366. The van der Waals surface area contributed by atoms with Gasteiger partial charge in [0.15, 0.2) is 11.5 Å². The van der Waals surface area contributed by atoms with E-state index in [0.717, 1.165) is 22.7 Å². The number of anilines is 1. The maximum Gasteiger partial charge on any atom is 0.243 e. The third kappa shape index (κ3) is 3.24. The molecule has 0 aliphatic carbocycles. The van der Waals surface area contributed by atoms with Crippen LogP contribution in [0.5, 0.6) is 11.5 Å².